The molecule has 2 aromatic carbocycles. The lowest BCUT2D eigenvalue weighted by Gasteiger charge is -2.46. The van der Waals surface area contributed by atoms with E-state index in [9.17, 15) is 4.79 Å². The van der Waals surface area contributed by atoms with E-state index in [2.05, 4.69) is 63.9 Å². The van der Waals surface area contributed by atoms with Crippen molar-refractivity contribution in [3.05, 3.63) is 77.5 Å². The van der Waals surface area contributed by atoms with Crippen LogP contribution in [0.15, 0.2) is 71.9 Å². The Morgan fingerprint density at radius 1 is 1.00 bits per heavy atom. The molecule has 1 spiro atoms. The Bertz CT molecular complexity index is 972. The topological polar surface area (TPSA) is 50.9 Å². The molecule has 1 atom stereocenters. The monoisotopic (exact) mass is 437 g/mol. The fraction of sp³-hybridized carbons (Fsp3) is 0.375. The third-order valence-corrected chi connectivity index (χ3v) is 7.20. The molecular formula is C24H28ClN5O. The number of halogens is 1. The standard InChI is InChI=1S/C24H28ClN5O/c1-18-16-27-30(25)21(18)22(19-8-4-2-5-9-19)28-14-12-24(13-15-28)23(31)26-17-29(24)20-10-6-3-7-11-20/h2-11,22,27H,12-17H2,1H3,(H,26,31). The molecule has 7 heteroatoms. The number of benzene rings is 2. The summed E-state index contributed by atoms with van der Waals surface area (Å²) < 4.78 is 1.65. The average molecular weight is 438 g/mol. The molecule has 1 unspecified atom stereocenters. The number of carbonyl (C=O) groups excluding carboxylic acids is 1. The van der Waals surface area contributed by atoms with Crippen LogP contribution in [-0.2, 0) is 4.79 Å². The Labute approximate surface area is 188 Å². The predicted octanol–water partition coefficient (Wildman–Crippen LogP) is 3.40. The summed E-state index contributed by atoms with van der Waals surface area (Å²) in [6.07, 6.45) is 1.55. The Kier molecular flexibility index (Phi) is 5.38. The number of rotatable bonds is 4. The van der Waals surface area contributed by atoms with Crippen molar-refractivity contribution in [3.63, 3.8) is 0 Å². The number of nitrogens with one attached hydrogen (secondary N) is 2. The zero-order valence-corrected chi connectivity index (χ0v) is 18.5. The van der Waals surface area contributed by atoms with Gasteiger partial charge in [-0.1, -0.05) is 48.5 Å². The third kappa shape index (κ3) is 3.49. The van der Waals surface area contributed by atoms with E-state index in [-0.39, 0.29) is 11.9 Å². The molecule has 31 heavy (non-hydrogen) atoms. The molecular weight excluding hydrogens is 410 g/mol. The molecule has 6 nitrogen and oxygen atoms in total. The lowest BCUT2D eigenvalue weighted by atomic mass is 9.84. The minimum Gasteiger partial charge on any atom is -0.339 e. The summed E-state index contributed by atoms with van der Waals surface area (Å²) in [4.78, 5) is 17.7. The summed E-state index contributed by atoms with van der Waals surface area (Å²) in [6, 6.07) is 20.8. The Balaban J connectivity index is 1.44. The molecule has 162 valence electrons. The van der Waals surface area contributed by atoms with Crippen molar-refractivity contribution in [2.24, 2.45) is 0 Å². The highest BCUT2D eigenvalue weighted by molar-refractivity contribution is 6.14. The molecule has 0 bridgehead atoms. The first-order chi connectivity index (χ1) is 15.1. The van der Waals surface area contributed by atoms with Gasteiger partial charge in [-0.2, -0.15) is 0 Å². The molecule has 0 saturated carbocycles. The van der Waals surface area contributed by atoms with E-state index in [1.165, 1.54) is 11.1 Å². The molecule has 2 N–H and O–H groups in total. The maximum atomic E-state index is 13.0. The number of hydrogen-bond acceptors (Lipinski definition) is 5. The predicted molar refractivity (Wildman–Crippen MR) is 123 cm³/mol. The van der Waals surface area contributed by atoms with E-state index >= 15 is 0 Å². The van der Waals surface area contributed by atoms with Crippen LogP contribution in [0.3, 0.4) is 0 Å². The van der Waals surface area contributed by atoms with E-state index in [1.54, 1.807) is 4.53 Å². The number of hydrogen-bond donors (Lipinski definition) is 2. The summed E-state index contributed by atoms with van der Waals surface area (Å²) in [5.74, 6) is 0.143. The molecule has 0 aliphatic carbocycles. The van der Waals surface area contributed by atoms with E-state index in [0.29, 0.717) is 6.67 Å². The maximum Gasteiger partial charge on any atom is 0.247 e. The van der Waals surface area contributed by atoms with Crippen molar-refractivity contribution in [3.8, 4) is 0 Å². The van der Waals surface area contributed by atoms with Crippen molar-refractivity contribution >= 4 is 23.4 Å². The summed E-state index contributed by atoms with van der Waals surface area (Å²) in [7, 11) is 0. The molecule has 5 rings (SSSR count). The van der Waals surface area contributed by atoms with Crippen molar-refractivity contribution in [1.29, 1.82) is 0 Å². The van der Waals surface area contributed by atoms with Gasteiger partial charge in [0.15, 0.2) is 0 Å². The van der Waals surface area contributed by atoms with Crippen LogP contribution in [0.2, 0.25) is 0 Å². The van der Waals surface area contributed by atoms with E-state index in [0.717, 1.165) is 43.9 Å². The van der Waals surface area contributed by atoms with Gasteiger partial charge in [0, 0.05) is 37.1 Å². The molecule has 0 aromatic heterocycles. The van der Waals surface area contributed by atoms with Crippen LogP contribution in [0, 0.1) is 0 Å². The molecule has 2 saturated heterocycles. The van der Waals surface area contributed by atoms with Crippen LogP contribution < -0.4 is 15.6 Å². The van der Waals surface area contributed by atoms with Crippen molar-refractivity contribution in [2.45, 2.75) is 31.3 Å². The van der Waals surface area contributed by atoms with Gasteiger partial charge in [0.1, 0.15) is 5.54 Å². The number of carbonyl (C=O) groups is 1. The van der Waals surface area contributed by atoms with E-state index < -0.39 is 5.54 Å². The van der Waals surface area contributed by atoms with Crippen LogP contribution in [0.5, 0.6) is 0 Å². The van der Waals surface area contributed by atoms with Gasteiger partial charge in [-0.3, -0.25) is 9.69 Å². The summed E-state index contributed by atoms with van der Waals surface area (Å²) in [5, 5.41) is 3.09. The summed E-state index contributed by atoms with van der Waals surface area (Å²) in [5.41, 5.74) is 7.39. The highest BCUT2D eigenvalue weighted by Gasteiger charge is 2.51. The fourth-order valence-electron chi connectivity index (χ4n) is 5.23. The van der Waals surface area contributed by atoms with Crippen LogP contribution in [0.25, 0.3) is 0 Å². The van der Waals surface area contributed by atoms with Gasteiger partial charge in [0.2, 0.25) is 5.91 Å². The smallest absolute Gasteiger partial charge is 0.247 e. The first-order valence-electron chi connectivity index (χ1n) is 10.9. The number of nitrogens with zero attached hydrogens (tertiary/aromatic N) is 3. The molecule has 2 fully saturated rings. The van der Waals surface area contributed by atoms with Crippen LogP contribution >= 0.6 is 11.8 Å². The van der Waals surface area contributed by atoms with Crippen LogP contribution in [-0.4, -0.2) is 47.2 Å². The molecule has 1 amide bonds. The maximum absolute atomic E-state index is 13.0. The Hall–Kier alpha value is -2.54. The zero-order valence-electron chi connectivity index (χ0n) is 17.7. The van der Waals surface area contributed by atoms with Crippen LogP contribution in [0.4, 0.5) is 5.69 Å². The molecule has 0 radical (unpaired) electrons. The second-order valence-electron chi connectivity index (χ2n) is 8.59. The molecule has 3 aliphatic rings. The minimum absolute atomic E-state index is 0.0562. The Morgan fingerprint density at radius 3 is 2.26 bits per heavy atom. The lowest BCUT2D eigenvalue weighted by Crippen LogP contribution is -2.57. The first-order valence-corrected chi connectivity index (χ1v) is 11.2. The molecule has 3 aliphatic heterocycles. The lowest BCUT2D eigenvalue weighted by molar-refractivity contribution is -0.125. The Morgan fingerprint density at radius 2 is 1.65 bits per heavy atom. The van der Waals surface area contributed by atoms with Crippen molar-refractivity contribution in [1.82, 2.24) is 20.2 Å². The van der Waals surface area contributed by atoms with Crippen molar-refractivity contribution in [2.75, 3.05) is 31.2 Å². The normalized spacial score (nSPS) is 22.3. The zero-order chi connectivity index (χ0) is 21.4. The number of para-hydroxylation sites is 1. The SMILES string of the molecule is CC1=C(C(c2ccccc2)N2CCC3(CC2)C(=O)NCN3c2ccccc2)N(Cl)NC1. The molecule has 2 aromatic rings. The number of hydrazine groups is 1. The van der Waals surface area contributed by atoms with Gasteiger partial charge in [-0.05, 0) is 43.0 Å². The van der Waals surface area contributed by atoms with Gasteiger partial charge < -0.3 is 10.2 Å². The van der Waals surface area contributed by atoms with Gasteiger partial charge in [0.05, 0.1) is 18.4 Å². The largest absolute Gasteiger partial charge is 0.339 e. The van der Waals surface area contributed by atoms with Gasteiger partial charge in [0.25, 0.3) is 0 Å². The third-order valence-electron chi connectivity index (χ3n) is 6.90. The van der Waals surface area contributed by atoms with Gasteiger partial charge >= 0.3 is 0 Å². The van der Waals surface area contributed by atoms with E-state index in [4.69, 9.17) is 11.8 Å². The highest BCUT2D eigenvalue weighted by atomic mass is 35.5. The average Bonchev–Trinajstić information content (AvgIpc) is 3.30. The first kappa shape index (κ1) is 20.4. The highest BCUT2D eigenvalue weighted by Crippen LogP contribution is 2.41. The molecule has 3 heterocycles. The minimum atomic E-state index is -0.489. The number of amides is 1. The fourth-order valence-corrected chi connectivity index (χ4v) is 5.53. The van der Waals surface area contributed by atoms with Crippen molar-refractivity contribution < 1.29 is 4.79 Å². The summed E-state index contributed by atoms with van der Waals surface area (Å²) >= 11 is 6.55. The number of likely N-dealkylation sites (tertiary alicyclic amines) is 1. The van der Waals surface area contributed by atoms with Crippen LogP contribution in [0.1, 0.15) is 31.4 Å². The van der Waals surface area contributed by atoms with E-state index in [1.807, 2.05) is 24.3 Å². The van der Waals surface area contributed by atoms with Gasteiger partial charge in [-0.25, -0.2) is 9.95 Å². The second kappa shape index (κ2) is 8.19. The number of piperidine rings is 1. The summed E-state index contributed by atoms with van der Waals surface area (Å²) in [6.45, 7) is 5.09. The second-order valence-corrected chi connectivity index (χ2v) is 8.93. The quantitative estimate of drug-likeness (QED) is 0.718. The van der Waals surface area contributed by atoms with Gasteiger partial charge in [-0.15, -0.1) is 0 Å². The number of anilines is 1.